The average molecular weight is 337 g/mol. The van der Waals surface area contributed by atoms with Gasteiger partial charge in [-0.1, -0.05) is 36.4 Å². The zero-order chi connectivity index (χ0) is 17.6. The second kappa shape index (κ2) is 7.92. The van der Waals surface area contributed by atoms with Crippen LogP contribution in [-0.2, 0) is 22.4 Å². The third-order valence-electron chi connectivity index (χ3n) is 4.60. The Morgan fingerprint density at radius 3 is 2.60 bits per heavy atom. The quantitative estimate of drug-likeness (QED) is 0.855. The fourth-order valence-electron chi connectivity index (χ4n) is 3.16. The van der Waals surface area contributed by atoms with Crippen LogP contribution >= 0.6 is 0 Å². The molecule has 0 N–H and O–H groups in total. The lowest BCUT2D eigenvalue weighted by Crippen LogP contribution is -2.38. The largest absolute Gasteiger partial charge is 0.344 e. The van der Waals surface area contributed by atoms with Crippen molar-refractivity contribution in [3.8, 4) is 0 Å². The molecule has 130 valence electrons. The first-order chi connectivity index (χ1) is 12.1. The monoisotopic (exact) mass is 337 g/mol. The Labute approximate surface area is 148 Å². The molecule has 1 atom stereocenters. The second-order valence-corrected chi connectivity index (χ2v) is 6.48. The number of amides is 2. The number of likely N-dealkylation sites (N-methyl/N-ethyl adjacent to an activating group) is 1. The summed E-state index contributed by atoms with van der Waals surface area (Å²) in [6.45, 7) is 1.59. The number of rotatable bonds is 4. The normalized spacial score (nSPS) is 18.1. The molecule has 0 saturated carbocycles. The van der Waals surface area contributed by atoms with Crippen molar-refractivity contribution in [2.24, 2.45) is 5.92 Å². The van der Waals surface area contributed by atoms with E-state index in [1.54, 1.807) is 18.1 Å². The molecule has 2 heterocycles. The van der Waals surface area contributed by atoms with Crippen LogP contribution in [0.3, 0.4) is 0 Å². The van der Waals surface area contributed by atoms with Crippen molar-refractivity contribution in [3.05, 3.63) is 66.0 Å². The number of carbonyl (C=O) groups excluding carboxylic acids is 2. The van der Waals surface area contributed by atoms with Crippen molar-refractivity contribution in [3.63, 3.8) is 0 Å². The van der Waals surface area contributed by atoms with Crippen molar-refractivity contribution in [1.29, 1.82) is 0 Å². The lowest BCUT2D eigenvalue weighted by atomic mass is 10.0. The Kier molecular flexibility index (Phi) is 5.43. The van der Waals surface area contributed by atoms with Crippen LogP contribution in [0.1, 0.15) is 11.3 Å². The Morgan fingerprint density at radius 1 is 1.12 bits per heavy atom. The Hall–Kier alpha value is -2.69. The van der Waals surface area contributed by atoms with Gasteiger partial charge in [0, 0.05) is 45.0 Å². The van der Waals surface area contributed by atoms with Crippen molar-refractivity contribution in [1.82, 2.24) is 14.8 Å². The number of hydrogen-bond acceptors (Lipinski definition) is 3. The number of hydrogen-bond donors (Lipinski definition) is 0. The highest BCUT2D eigenvalue weighted by molar-refractivity contribution is 5.83. The van der Waals surface area contributed by atoms with E-state index in [1.807, 2.05) is 53.4 Å². The predicted molar refractivity (Wildman–Crippen MR) is 95.8 cm³/mol. The third kappa shape index (κ3) is 4.44. The molecule has 5 nitrogen and oxygen atoms in total. The van der Waals surface area contributed by atoms with Gasteiger partial charge in [-0.25, -0.2) is 0 Å². The molecule has 2 amide bonds. The summed E-state index contributed by atoms with van der Waals surface area (Å²) in [6, 6.07) is 15.4. The maximum Gasteiger partial charge on any atom is 0.227 e. The SMILES string of the molecule is CN1CCN(C(=O)Cc2ccccc2)CC(Cc2ccccn2)C1=O. The topological polar surface area (TPSA) is 53.5 Å². The van der Waals surface area contributed by atoms with Crippen molar-refractivity contribution >= 4 is 11.8 Å². The van der Waals surface area contributed by atoms with Crippen LogP contribution in [-0.4, -0.2) is 53.3 Å². The summed E-state index contributed by atoms with van der Waals surface area (Å²) in [7, 11) is 1.80. The van der Waals surface area contributed by atoms with Gasteiger partial charge in [-0.15, -0.1) is 0 Å². The van der Waals surface area contributed by atoms with Gasteiger partial charge in [0.1, 0.15) is 0 Å². The van der Waals surface area contributed by atoms with Crippen molar-refractivity contribution in [2.75, 3.05) is 26.7 Å². The number of carbonyl (C=O) groups is 2. The smallest absolute Gasteiger partial charge is 0.227 e. The molecule has 3 rings (SSSR count). The summed E-state index contributed by atoms with van der Waals surface area (Å²) < 4.78 is 0. The lowest BCUT2D eigenvalue weighted by Gasteiger charge is -2.23. The number of nitrogens with zero attached hydrogens (tertiary/aromatic N) is 3. The predicted octanol–water partition coefficient (Wildman–Crippen LogP) is 1.78. The van der Waals surface area contributed by atoms with E-state index in [2.05, 4.69) is 4.98 Å². The molecule has 2 aromatic rings. The zero-order valence-corrected chi connectivity index (χ0v) is 14.5. The van der Waals surface area contributed by atoms with E-state index in [0.29, 0.717) is 32.5 Å². The number of aromatic nitrogens is 1. The van der Waals surface area contributed by atoms with Crippen LogP contribution in [0.15, 0.2) is 54.7 Å². The molecule has 0 bridgehead atoms. The maximum atomic E-state index is 12.7. The van der Waals surface area contributed by atoms with Crippen LogP contribution in [0.4, 0.5) is 0 Å². The van der Waals surface area contributed by atoms with E-state index in [4.69, 9.17) is 0 Å². The Bertz CT molecular complexity index is 718. The highest BCUT2D eigenvalue weighted by Crippen LogP contribution is 2.16. The van der Waals surface area contributed by atoms with Gasteiger partial charge in [0.25, 0.3) is 0 Å². The molecule has 0 radical (unpaired) electrons. The van der Waals surface area contributed by atoms with Gasteiger partial charge in [-0.3, -0.25) is 14.6 Å². The standard InChI is InChI=1S/C20H23N3O2/c1-22-11-12-23(19(24)13-16-7-3-2-4-8-16)15-17(20(22)25)14-18-9-5-6-10-21-18/h2-10,17H,11-15H2,1H3. The summed E-state index contributed by atoms with van der Waals surface area (Å²) in [6.07, 6.45) is 2.66. The first-order valence-electron chi connectivity index (χ1n) is 8.60. The van der Waals surface area contributed by atoms with Gasteiger partial charge in [-0.2, -0.15) is 0 Å². The molecule has 0 spiro atoms. The summed E-state index contributed by atoms with van der Waals surface area (Å²) in [4.78, 5) is 33.2. The Balaban J connectivity index is 1.72. The molecule has 0 aliphatic carbocycles. The minimum Gasteiger partial charge on any atom is -0.344 e. The van der Waals surface area contributed by atoms with Gasteiger partial charge < -0.3 is 9.80 Å². The van der Waals surface area contributed by atoms with E-state index in [1.165, 1.54) is 0 Å². The van der Waals surface area contributed by atoms with E-state index in [0.717, 1.165) is 11.3 Å². The number of benzene rings is 1. The molecule has 5 heteroatoms. The van der Waals surface area contributed by atoms with Crippen LogP contribution in [0.25, 0.3) is 0 Å². The lowest BCUT2D eigenvalue weighted by molar-refractivity contribution is -0.133. The molecule has 1 aliphatic heterocycles. The second-order valence-electron chi connectivity index (χ2n) is 6.48. The van der Waals surface area contributed by atoms with Crippen molar-refractivity contribution in [2.45, 2.75) is 12.8 Å². The van der Waals surface area contributed by atoms with Crippen LogP contribution in [0.2, 0.25) is 0 Å². The fourth-order valence-corrected chi connectivity index (χ4v) is 3.16. The maximum absolute atomic E-state index is 12.7. The van der Waals surface area contributed by atoms with E-state index in [-0.39, 0.29) is 17.7 Å². The molecular formula is C20H23N3O2. The molecule has 1 saturated heterocycles. The van der Waals surface area contributed by atoms with Gasteiger partial charge in [0.05, 0.1) is 12.3 Å². The van der Waals surface area contributed by atoms with Crippen molar-refractivity contribution < 1.29 is 9.59 Å². The zero-order valence-electron chi connectivity index (χ0n) is 14.5. The first-order valence-corrected chi connectivity index (χ1v) is 8.60. The third-order valence-corrected chi connectivity index (χ3v) is 4.60. The van der Waals surface area contributed by atoms with Crippen LogP contribution in [0, 0.1) is 5.92 Å². The molecule has 1 aromatic heterocycles. The van der Waals surface area contributed by atoms with E-state index in [9.17, 15) is 9.59 Å². The minimum atomic E-state index is -0.248. The highest BCUT2D eigenvalue weighted by Gasteiger charge is 2.30. The summed E-state index contributed by atoms with van der Waals surface area (Å²) >= 11 is 0. The summed E-state index contributed by atoms with van der Waals surface area (Å²) in [5.41, 5.74) is 1.88. The van der Waals surface area contributed by atoms with Crippen LogP contribution < -0.4 is 0 Å². The Morgan fingerprint density at radius 2 is 1.88 bits per heavy atom. The molecule has 1 aliphatic rings. The van der Waals surface area contributed by atoms with Gasteiger partial charge >= 0.3 is 0 Å². The summed E-state index contributed by atoms with van der Waals surface area (Å²) in [5.74, 6) is -0.0943. The molecular weight excluding hydrogens is 314 g/mol. The minimum absolute atomic E-state index is 0.0697. The molecule has 1 fully saturated rings. The number of pyridine rings is 1. The van der Waals surface area contributed by atoms with Gasteiger partial charge in [-0.05, 0) is 17.7 Å². The van der Waals surface area contributed by atoms with Gasteiger partial charge in [0.15, 0.2) is 0 Å². The summed E-state index contributed by atoms with van der Waals surface area (Å²) in [5, 5.41) is 0. The van der Waals surface area contributed by atoms with E-state index >= 15 is 0 Å². The highest BCUT2D eigenvalue weighted by atomic mass is 16.2. The molecule has 1 unspecified atom stereocenters. The average Bonchev–Trinajstić information content (AvgIpc) is 2.77. The van der Waals surface area contributed by atoms with E-state index < -0.39 is 0 Å². The molecule has 1 aromatic carbocycles. The fraction of sp³-hybridized carbons (Fsp3) is 0.350. The molecule has 25 heavy (non-hydrogen) atoms. The van der Waals surface area contributed by atoms with Crippen LogP contribution in [0.5, 0.6) is 0 Å². The first kappa shape index (κ1) is 17.1. The van der Waals surface area contributed by atoms with Gasteiger partial charge in [0.2, 0.25) is 11.8 Å².